The molecule has 21 heavy (non-hydrogen) atoms. The van der Waals surface area contributed by atoms with Crippen LogP contribution in [0.25, 0.3) is 11.0 Å². The predicted octanol–water partition coefficient (Wildman–Crippen LogP) is 3.35. The topological polar surface area (TPSA) is 47.0 Å². The molecule has 1 saturated heterocycles. The molecule has 1 N–H and O–H groups in total. The summed E-state index contributed by atoms with van der Waals surface area (Å²) in [6.45, 7) is 1.88. The fourth-order valence-electron chi connectivity index (χ4n) is 2.69. The van der Waals surface area contributed by atoms with Gasteiger partial charge >= 0.3 is 0 Å². The van der Waals surface area contributed by atoms with E-state index >= 15 is 0 Å². The van der Waals surface area contributed by atoms with Gasteiger partial charge in [-0.2, -0.15) is 0 Å². The van der Waals surface area contributed by atoms with Crippen LogP contribution in [0.1, 0.15) is 32.1 Å². The Morgan fingerprint density at radius 1 is 1.19 bits per heavy atom. The summed E-state index contributed by atoms with van der Waals surface area (Å²) in [7, 11) is 0. The molecule has 1 unspecified atom stereocenters. The standard InChI is InChI=1S/C16H21N3O.ClH/c1-2-9-15-14(8-1)18-12-16(19-15)20-11-5-7-13-6-3-4-10-17-13;/h1-2,8-9,12-13,17H,3-7,10-11H2;1H. The number of nitrogens with one attached hydrogen (secondary N) is 1. The molecule has 1 aromatic carbocycles. The summed E-state index contributed by atoms with van der Waals surface area (Å²) >= 11 is 0. The highest BCUT2D eigenvalue weighted by Gasteiger charge is 2.11. The quantitative estimate of drug-likeness (QED) is 0.861. The molecule has 1 atom stereocenters. The lowest BCUT2D eigenvalue weighted by Gasteiger charge is -2.23. The van der Waals surface area contributed by atoms with Crippen LogP contribution < -0.4 is 10.1 Å². The van der Waals surface area contributed by atoms with Crippen LogP contribution >= 0.6 is 12.4 Å². The zero-order valence-corrected chi connectivity index (χ0v) is 12.9. The summed E-state index contributed by atoms with van der Waals surface area (Å²) in [5.74, 6) is 0.625. The van der Waals surface area contributed by atoms with Gasteiger partial charge in [-0.3, -0.25) is 0 Å². The highest BCUT2D eigenvalue weighted by Crippen LogP contribution is 2.14. The minimum atomic E-state index is 0. The number of para-hydroxylation sites is 2. The molecule has 1 aliphatic heterocycles. The number of halogens is 1. The van der Waals surface area contributed by atoms with E-state index in [0.717, 1.165) is 17.5 Å². The van der Waals surface area contributed by atoms with E-state index in [0.29, 0.717) is 18.5 Å². The number of ether oxygens (including phenoxy) is 1. The molecule has 0 amide bonds. The average molecular weight is 308 g/mol. The minimum absolute atomic E-state index is 0. The maximum atomic E-state index is 5.70. The van der Waals surface area contributed by atoms with Gasteiger partial charge in [0.05, 0.1) is 23.8 Å². The lowest BCUT2D eigenvalue weighted by Crippen LogP contribution is -2.34. The van der Waals surface area contributed by atoms with Gasteiger partial charge in [-0.1, -0.05) is 18.6 Å². The van der Waals surface area contributed by atoms with Crippen LogP contribution in [0, 0.1) is 0 Å². The lowest BCUT2D eigenvalue weighted by molar-refractivity contribution is 0.276. The van der Waals surface area contributed by atoms with Crippen molar-refractivity contribution in [1.29, 1.82) is 0 Å². The van der Waals surface area contributed by atoms with Gasteiger partial charge in [0.15, 0.2) is 0 Å². The molecule has 2 aromatic rings. The fraction of sp³-hybridized carbons (Fsp3) is 0.500. The molecule has 2 heterocycles. The van der Waals surface area contributed by atoms with E-state index in [-0.39, 0.29) is 12.4 Å². The van der Waals surface area contributed by atoms with Gasteiger partial charge in [0.25, 0.3) is 0 Å². The van der Waals surface area contributed by atoms with Crippen LogP contribution in [-0.4, -0.2) is 29.2 Å². The van der Waals surface area contributed by atoms with Crippen LogP contribution in [-0.2, 0) is 0 Å². The zero-order chi connectivity index (χ0) is 13.6. The predicted molar refractivity (Wildman–Crippen MR) is 87.2 cm³/mol. The molecular weight excluding hydrogens is 286 g/mol. The normalized spacial score (nSPS) is 18.2. The second kappa shape index (κ2) is 8.15. The molecule has 3 rings (SSSR count). The van der Waals surface area contributed by atoms with Gasteiger partial charge in [-0.25, -0.2) is 9.97 Å². The van der Waals surface area contributed by atoms with Crippen LogP contribution in [0.4, 0.5) is 0 Å². The Labute approximate surface area is 131 Å². The van der Waals surface area contributed by atoms with E-state index in [9.17, 15) is 0 Å². The molecule has 1 aliphatic rings. The van der Waals surface area contributed by atoms with Crippen LogP contribution in [0.15, 0.2) is 30.5 Å². The van der Waals surface area contributed by atoms with Crippen molar-refractivity contribution in [3.63, 3.8) is 0 Å². The summed E-state index contributed by atoms with van der Waals surface area (Å²) in [6, 6.07) is 8.53. The molecule has 114 valence electrons. The molecule has 1 fully saturated rings. The van der Waals surface area contributed by atoms with Crippen molar-refractivity contribution >= 4 is 23.4 Å². The third-order valence-corrected chi connectivity index (χ3v) is 3.79. The van der Waals surface area contributed by atoms with Gasteiger partial charge in [0, 0.05) is 6.04 Å². The van der Waals surface area contributed by atoms with Gasteiger partial charge in [-0.15, -0.1) is 12.4 Å². The van der Waals surface area contributed by atoms with Crippen LogP contribution in [0.3, 0.4) is 0 Å². The first-order chi connectivity index (χ1) is 9.92. The summed E-state index contributed by atoms with van der Waals surface area (Å²) in [6.07, 6.45) is 7.93. The second-order valence-corrected chi connectivity index (χ2v) is 5.33. The Balaban J connectivity index is 0.00000161. The highest BCUT2D eigenvalue weighted by molar-refractivity contribution is 5.85. The molecule has 0 saturated carbocycles. The zero-order valence-electron chi connectivity index (χ0n) is 12.1. The van der Waals surface area contributed by atoms with Crippen LogP contribution in [0.2, 0.25) is 0 Å². The number of fused-ring (bicyclic) bond motifs is 1. The molecule has 0 aliphatic carbocycles. The highest BCUT2D eigenvalue weighted by atomic mass is 35.5. The Hall–Kier alpha value is -1.39. The Morgan fingerprint density at radius 3 is 2.86 bits per heavy atom. The monoisotopic (exact) mass is 307 g/mol. The third kappa shape index (κ3) is 4.55. The number of hydrogen-bond donors (Lipinski definition) is 1. The first kappa shape index (κ1) is 16.0. The molecule has 0 bridgehead atoms. The van der Waals surface area contributed by atoms with Crippen molar-refractivity contribution in [3.8, 4) is 5.88 Å². The largest absolute Gasteiger partial charge is 0.477 e. The second-order valence-electron chi connectivity index (χ2n) is 5.33. The van der Waals surface area contributed by atoms with Crippen molar-refractivity contribution in [1.82, 2.24) is 15.3 Å². The van der Waals surface area contributed by atoms with Crippen molar-refractivity contribution in [2.75, 3.05) is 13.2 Å². The molecule has 4 nitrogen and oxygen atoms in total. The summed E-state index contributed by atoms with van der Waals surface area (Å²) in [4.78, 5) is 8.81. The lowest BCUT2D eigenvalue weighted by atomic mass is 10.0. The molecule has 0 spiro atoms. The number of benzene rings is 1. The molecule has 0 radical (unpaired) electrons. The number of piperidine rings is 1. The Kier molecular flexibility index (Phi) is 6.21. The van der Waals surface area contributed by atoms with E-state index in [1.165, 1.54) is 32.2 Å². The van der Waals surface area contributed by atoms with Crippen molar-refractivity contribution < 1.29 is 4.74 Å². The van der Waals surface area contributed by atoms with Gasteiger partial charge in [0.1, 0.15) is 0 Å². The van der Waals surface area contributed by atoms with Crippen molar-refractivity contribution in [3.05, 3.63) is 30.5 Å². The van der Waals surface area contributed by atoms with Gasteiger partial charge in [-0.05, 0) is 44.4 Å². The van der Waals surface area contributed by atoms with Gasteiger partial charge in [0.2, 0.25) is 5.88 Å². The Bertz CT molecular complexity index is 558. The fourth-order valence-corrected chi connectivity index (χ4v) is 2.69. The van der Waals surface area contributed by atoms with E-state index in [1.54, 1.807) is 6.20 Å². The van der Waals surface area contributed by atoms with Crippen LogP contribution in [0.5, 0.6) is 5.88 Å². The van der Waals surface area contributed by atoms with Crippen molar-refractivity contribution in [2.24, 2.45) is 0 Å². The Morgan fingerprint density at radius 2 is 2.05 bits per heavy atom. The van der Waals surface area contributed by atoms with E-state index in [1.807, 2.05) is 24.3 Å². The SMILES string of the molecule is Cl.c1ccc2nc(OCCCC3CCCCN3)cnc2c1. The summed E-state index contributed by atoms with van der Waals surface area (Å²) < 4.78 is 5.70. The van der Waals surface area contributed by atoms with Crippen molar-refractivity contribution in [2.45, 2.75) is 38.1 Å². The number of hydrogen-bond acceptors (Lipinski definition) is 4. The average Bonchev–Trinajstić information content (AvgIpc) is 2.52. The maximum Gasteiger partial charge on any atom is 0.232 e. The third-order valence-electron chi connectivity index (χ3n) is 3.79. The van der Waals surface area contributed by atoms with Gasteiger partial charge < -0.3 is 10.1 Å². The first-order valence-corrected chi connectivity index (χ1v) is 7.50. The first-order valence-electron chi connectivity index (χ1n) is 7.50. The van der Waals surface area contributed by atoms with E-state index < -0.39 is 0 Å². The number of nitrogens with zero attached hydrogens (tertiary/aromatic N) is 2. The number of aromatic nitrogens is 2. The van der Waals surface area contributed by atoms with E-state index in [4.69, 9.17) is 4.74 Å². The smallest absolute Gasteiger partial charge is 0.232 e. The summed E-state index contributed by atoms with van der Waals surface area (Å²) in [5.41, 5.74) is 1.80. The molecule has 1 aromatic heterocycles. The summed E-state index contributed by atoms with van der Waals surface area (Å²) in [5, 5.41) is 3.56. The molecular formula is C16H22ClN3O. The van der Waals surface area contributed by atoms with E-state index in [2.05, 4.69) is 15.3 Å². The minimum Gasteiger partial charge on any atom is -0.477 e. The molecule has 5 heteroatoms. The maximum absolute atomic E-state index is 5.70. The number of rotatable bonds is 5.